The first-order valence-corrected chi connectivity index (χ1v) is 6.73. The Balaban J connectivity index is 2.31. The summed E-state index contributed by atoms with van der Waals surface area (Å²) in [4.78, 5) is 10.5. The second kappa shape index (κ2) is 6.76. The van der Waals surface area contributed by atoms with Gasteiger partial charge < -0.3 is 9.84 Å². The Hall–Kier alpha value is -1.82. The highest BCUT2D eigenvalue weighted by atomic mass is 35.5. The molecular weight excluding hydrogens is 317 g/mol. The summed E-state index contributed by atoms with van der Waals surface area (Å²) < 4.78 is 5.54. The molecule has 0 radical (unpaired) electrons. The smallest absolute Gasteiger partial charge is 0.277 e. The van der Waals surface area contributed by atoms with Crippen molar-refractivity contribution in [2.75, 3.05) is 0 Å². The molecule has 0 aliphatic heterocycles. The van der Waals surface area contributed by atoms with Crippen LogP contribution in [0.2, 0.25) is 10.0 Å². The predicted octanol–water partition coefficient (Wildman–Crippen LogP) is 3.97. The van der Waals surface area contributed by atoms with Crippen LogP contribution in [0.4, 0.5) is 5.69 Å². The van der Waals surface area contributed by atoms with Gasteiger partial charge in [-0.05, 0) is 12.1 Å². The minimum Gasteiger partial charge on any atom is -0.487 e. The third-order valence-corrected chi connectivity index (χ3v) is 3.52. The van der Waals surface area contributed by atoms with E-state index in [0.29, 0.717) is 10.6 Å². The number of hydrogen-bond donors (Lipinski definition) is 1. The van der Waals surface area contributed by atoms with Crippen molar-refractivity contribution in [2.24, 2.45) is 0 Å². The van der Waals surface area contributed by atoms with Gasteiger partial charge in [0.1, 0.15) is 12.4 Å². The van der Waals surface area contributed by atoms with E-state index in [9.17, 15) is 15.2 Å². The molecule has 2 aromatic carbocycles. The van der Waals surface area contributed by atoms with E-state index in [4.69, 9.17) is 27.9 Å². The number of nitro benzene ring substituents is 1. The van der Waals surface area contributed by atoms with Gasteiger partial charge in [-0.1, -0.05) is 41.4 Å². The third-order valence-electron chi connectivity index (χ3n) is 2.87. The average molecular weight is 328 g/mol. The average Bonchev–Trinajstić information content (AvgIpc) is 2.46. The molecule has 0 amide bonds. The molecule has 0 heterocycles. The SMILES string of the molecule is O=[N+]([O-])c1cccc(Cl)c1COc1c(Cl)cccc1CO. The minimum absolute atomic E-state index is 0.118. The van der Waals surface area contributed by atoms with E-state index < -0.39 is 4.92 Å². The molecule has 5 nitrogen and oxygen atoms in total. The molecule has 0 saturated heterocycles. The molecule has 0 spiro atoms. The highest BCUT2D eigenvalue weighted by molar-refractivity contribution is 6.32. The maximum absolute atomic E-state index is 11.0. The van der Waals surface area contributed by atoms with E-state index in [1.165, 1.54) is 12.1 Å². The van der Waals surface area contributed by atoms with E-state index in [0.717, 1.165) is 0 Å². The fourth-order valence-electron chi connectivity index (χ4n) is 1.85. The maximum Gasteiger partial charge on any atom is 0.277 e. The first kappa shape index (κ1) is 15.6. The van der Waals surface area contributed by atoms with E-state index in [2.05, 4.69) is 0 Å². The van der Waals surface area contributed by atoms with Crippen molar-refractivity contribution in [1.82, 2.24) is 0 Å². The van der Waals surface area contributed by atoms with Gasteiger partial charge in [0.15, 0.2) is 0 Å². The van der Waals surface area contributed by atoms with Crippen molar-refractivity contribution >= 4 is 28.9 Å². The van der Waals surface area contributed by atoms with Gasteiger partial charge in [-0.3, -0.25) is 10.1 Å². The van der Waals surface area contributed by atoms with Crippen molar-refractivity contribution < 1.29 is 14.8 Å². The molecular formula is C14H11Cl2NO4. The molecule has 0 atom stereocenters. The summed E-state index contributed by atoms with van der Waals surface area (Å²) in [6, 6.07) is 9.34. The zero-order valence-corrected chi connectivity index (χ0v) is 12.3. The zero-order valence-electron chi connectivity index (χ0n) is 10.8. The number of hydrogen-bond acceptors (Lipinski definition) is 4. The topological polar surface area (TPSA) is 72.6 Å². The van der Waals surface area contributed by atoms with Gasteiger partial charge in [-0.2, -0.15) is 0 Å². The zero-order chi connectivity index (χ0) is 15.4. The van der Waals surface area contributed by atoms with Crippen molar-refractivity contribution in [3.63, 3.8) is 0 Å². The van der Waals surface area contributed by atoms with E-state index in [1.54, 1.807) is 24.3 Å². The molecule has 0 fully saturated rings. The highest BCUT2D eigenvalue weighted by Gasteiger charge is 2.18. The number of nitro groups is 1. The highest BCUT2D eigenvalue weighted by Crippen LogP contribution is 2.32. The molecule has 110 valence electrons. The number of aliphatic hydroxyl groups excluding tert-OH is 1. The molecule has 0 unspecified atom stereocenters. The number of rotatable bonds is 5. The van der Waals surface area contributed by atoms with Gasteiger partial charge in [0.25, 0.3) is 5.69 Å². The quantitative estimate of drug-likeness (QED) is 0.666. The van der Waals surface area contributed by atoms with Crippen LogP contribution in [0.25, 0.3) is 0 Å². The number of nitrogens with zero attached hydrogens (tertiary/aromatic N) is 1. The van der Waals surface area contributed by atoms with Crippen LogP contribution in [-0.2, 0) is 13.2 Å². The van der Waals surface area contributed by atoms with Crippen LogP contribution in [0.5, 0.6) is 5.75 Å². The van der Waals surface area contributed by atoms with E-state index in [1.807, 2.05) is 0 Å². The predicted molar refractivity (Wildman–Crippen MR) is 79.8 cm³/mol. The lowest BCUT2D eigenvalue weighted by Gasteiger charge is -2.12. The van der Waals surface area contributed by atoms with Gasteiger partial charge in [0.05, 0.1) is 27.1 Å². The standard InChI is InChI=1S/C14H11Cl2NO4/c15-11-4-2-6-13(17(19)20)10(11)8-21-14-9(7-18)3-1-5-12(14)16/h1-6,18H,7-8H2. The summed E-state index contributed by atoms with van der Waals surface area (Å²) in [5.74, 6) is 0.288. The Morgan fingerprint density at radius 2 is 1.81 bits per heavy atom. The molecule has 0 aliphatic carbocycles. The van der Waals surface area contributed by atoms with Gasteiger partial charge in [-0.25, -0.2) is 0 Å². The molecule has 0 saturated carbocycles. The normalized spacial score (nSPS) is 10.4. The summed E-state index contributed by atoms with van der Waals surface area (Å²) in [5.41, 5.74) is 0.630. The molecule has 2 aromatic rings. The summed E-state index contributed by atoms with van der Waals surface area (Å²) in [5, 5.41) is 20.8. The largest absolute Gasteiger partial charge is 0.487 e. The fourth-order valence-corrected chi connectivity index (χ4v) is 2.32. The number of benzene rings is 2. The van der Waals surface area contributed by atoms with Crippen LogP contribution in [0.1, 0.15) is 11.1 Å². The Morgan fingerprint density at radius 1 is 1.14 bits per heavy atom. The van der Waals surface area contributed by atoms with Crippen molar-refractivity contribution in [3.05, 3.63) is 67.7 Å². The maximum atomic E-state index is 11.0. The molecule has 0 aliphatic rings. The van der Waals surface area contributed by atoms with Crippen LogP contribution in [0.15, 0.2) is 36.4 Å². The van der Waals surface area contributed by atoms with Crippen LogP contribution < -0.4 is 4.74 Å². The number of para-hydroxylation sites is 1. The Morgan fingerprint density at radius 3 is 2.48 bits per heavy atom. The van der Waals surface area contributed by atoms with Crippen LogP contribution >= 0.6 is 23.2 Å². The summed E-state index contributed by atoms with van der Waals surface area (Å²) >= 11 is 12.0. The monoisotopic (exact) mass is 327 g/mol. The van der Waals surface area contributed by atoms with Crippen molar-refractivity contribution in [3.8, 4) is 5.75 Å². The van der Waals surface area contributed by atoms with Gasteiger partial charge in [-0.15, -0.1) is 0 Å². The molecule has 1 N–H and O–H groups in total. The third kappa shape index (κ3) is 3.44. The second-order valence-corrected chi connectivity index (χ2v) is 4.98. The number of halogens is 2. The van der Waals surface area contributed by atoms with E-state index >= 15 is 0 Å². The first-order valence-electron chi connectivity index (χ1n) is 5.97. The summed E-state index contributed by atoms with van der Waals surface area (Å²) in [7, 11) is 0. The number of aliphatic hydroxyl groups is 1. The Labute approximate surface area is 130 Å². The van der Waals surface area contributed by atoms with Gasteiger partial charge in [0.2, 0.25) is 0 Å². The lowest BCUT2D eigenvalue weighted by Crippen LogP contribution is -2.03. The van der Waals surface area contributed by atoms with Gasteiger partial charge >= 0.3 is 0 Å². The molecule has 2 rings (SSSR count). The Kier molecular flexibility index (Phi) is 5.01. The Bertz CT molecular complexity index is 676. The van der Waals surface area contributed by atoms with E-state index in [-0.39, 0.29) is 35.2 Å². The number of ether oxygens (including phenoxy) is 1. The molecule has 21 heavy (non-hydrogen) atoms. The molecule has 0 aromatic heterocycles. The van der Waals surface area contributed by atoms with Crippen LogP contribution in [-0.4, -0.2) is 10.0 Å². The fraction of sp³-hybridized carbons (Fsp3) is 0.143. The van der Waals surface area contributed by atoms with Crippen molar-refractivity contribution in [2.45, 2.75) is 13.2 Å². The lowest BCUT2D eigenvalue weighted by molar-refractivity contribution is -0.385. The van der Waals surface area contributed by atoms with Crippen molar-refractivity contribution in [1.29, 1.82) is 0 Å². The molecule has 0 bridgehead atoms. The first-order chi connectivity index (χ1) is 10.0. The van der Waals surface area contributed by atoms with Gasteiger partial charge in [0, 0.05) is 11.6 Å². The minimum atomic E-state index is -0.524. The van der Waals surface area contributed by atoms with Crippen LogP contribution in [0, 0.1) is 10.1 Å². The molecule has 7 heteroatoms. The summed E-state index contributed by atoms with van der Waals surface area (Å²) in [6.07, 6.45) is 0. The lowest BCUT2D eigenvalue weighted by atomic mass is 10.2. The summed E-state index contributed by atoms with van der Waals surface area (Å²) in [6.45, 7) is -0.368. The van der Waals surface area contributed by atoms with Crippen LogP contribution in [0.3, 0.4) is 0 Å². The second-order valence-electron chi connectivity index (χ2n) is 4.17.